The predicted octanol–water partition coefficient (Wildman–Crippen LogP) is 3.00. The average molecular weight is 340 g/mol. The van der Waals surface area contributed by atoms with Gasteiger partial charge in [-0.1, -0.05) is 15.9 Å². The Morgan fingerprint density at radius 2 is 1.90 bits per heavy atom. The Bertz CT molecular complexity index is 482. The molecule has 1 saturated heterocycles. The molecule has 1 N–H and O–H groups in total. The molecule has 0 spiro atoms. The van der Waals surface area contributed by atoms with Crippen LogP contribution in [0.2, 0.25) is 0 Å². The number of nitrogens with one attached hydrogen (secondary N) is 1. The van der Waals surface area contributed by atoms with Crippen molar-refractivity contribution in [3.8, 4) is 0 Å². The number of piperazine rings is 1. The summed E-state index contributed by atoms with van der Waals surface area (Å²) in [5.41, 5.74) is 2.52. The second-order valence-electron chi connectivity index (χ2n) is 5.51. The SMILES string of the molecule is Cc1cc(Br)ccc1N1CCN(C(=O)NC(C)C)CC1. The van der Waals surface area contributed by atoms with Crippen LogP contribution in [0.4, 0.5) is 10.5 Å². The van der Waals surface area contributed by atoms with E-state index < -0.39 is 0 Å². The van der Waals surface area contributed by atoms with Crippen molar-refractivity contribution in [1.29, 1.82) is 0 Å². The van der Waals surface area contributed by atoms with Crippen LogP contribution in [0.5, 0.6) is 0 Å². The van der Waals surface area contributed by atoms with Crippen LogP contribution in [-0.2, 0) is 0 Å². The number of benzene rings is 1. The van der Waals surface area contributed by atoms with E-state index in [9.17, 15) is 4.79 Å². The maximum Gasteiger partial charge on any atom is 0.317 e. The molecule has 2 amide bonds. The lowest BCUT2D eigenvalue weighted by atomic mass is 10.1. The molecule has 1 aromatic carbocycles. The molecule has 0 bridgehead atoms. The highest BCUT2D eigenvalue weighted by Gasteiger charge is 2.22. The summed E-state index contributed by atoms with van der Waals surface area (Å²) >= 11 is 3.49. The van der Waals surface area contributed by atoms with Crippen LogP contribution in [0, 0.1) is 6.92 Å². The largest absolute Gasteiger partial charge is 0.368 e. The van der Waals surface area contributed by atoms with E-state index in [1.54, 1.807) is 0 Å². The van der Waals surface area contributed by atoms with Crippen molar-refractivity contribution in [2.24, 2.45) is 0 Å². The van der Waals surface area contributed by atoms with E-state index in [4.69, 9.17) is 0 Å². The van der Waals surface area contributed by atoms with E-state index in [0.29, 0.717) is 0 Å². The van der Waals surface area contributed by atoms with Crippen molar-refractivity contribution < 1.29 is 4.79 Å². The number of halogens is 1. The molecular formula is C15H22BrN3O. The molecule has 0 atom stereocenters. The molecule has 1 aliphatic heterocycles. The van der Waals surface area contributed by atoms with Gasteiger partial charge in [0.25, 0.3) is 0 Å². The molecule has 5 heteroatoms. The minimum absolute atomic E-state index is 0.0483. The fraction of sp³-hybridized carbons (Fsp3) is 0.533. The van der Waals surface area contributed by atoms with E-state index in [1.165, 1.54) is 11.3 Å². The summed E-state index contributed by atoms with van der Waals surface area (Å²) in [5.74, 6) is 0. The number of urea groups is 1. The van der Waals surface area contributed by atoms with Gasteiger partial charge in [-0.05, 0) is 44.5 Å². The maximum atomic E-state index is 12.0. The first-order valence-corrected chi connectivity index (χ1v) is 7.83. The monoisotopic (exact) mass is 339 g/mol. The average Bonchev–Trinajstić information content (AvgIpc) is 2.38. The Kier molecular flexibility index (Phi) is 4.91. The lowest BCUT2D eigenvalue weighted by Crippen LogP contribution is -2.53. The summed E-state index contributed by atoms with van der Waals surface area (Å²) < 4.78 is 1.11. The minimum atomic E-state index is 0.0483. The lowest BCUT2D eigenvalue weighted by molar-refractivity contribution is 0.192. The quantitative estimate of drug-likeness (QED) is 0.898. The Balaban J connectivity index is 1.95. The first kappa shape index (κ1) is 15.2. The Labute approximate surface area is 129 Å². The van der Waals surface area contributed by atoms with Gasteiger partial charge < -0.3 is 15.1 Å². The van der Waals surface area contributed by atoms with E-state index >= 15 is 0 Å². The summed E-state index contributed by atoms with van der Waals surface area (Å²) in [6, 6.07) is 6.58. The summed E-state index contributed by atoms with van der Waals surface area (Å²) in [6.45, 7) is 9.40. The smallest absolute Gasteiger partial charge is 0.317 e. The first-order valence-electron chi connectivity index (χ1n) is 7.04. The lowest BCUT2D eigenvalue weighted by Gasteiger charge is -2.37. The summed E-state index contributed by atoms with van der Waals surface area (Å²) in [4.78, 5) is 16.2. The molecule has 2 rings (SSSR count). The van der Waals surface area contributed by atoms with Gasteiger partial charge in [0.2, 0.25) is 0 Å². The van der Waals surface area contributed by atoms with Crippen LogP contribution < -0.4 is 10.2 Å². The molecule has 0 saturated carbocycles. The van der Waals surface area contributed by atoms with Gasteiger partial charge in [-0.15, -0.1) is 0 Å². The third-order valence-corrected chi connectivity index (χ3v) is 3.97. The zero-order chi connectivity index (χ0) is 14.7. The Morgan fingerprint density at radius 1 is 1.25 bits per heavy atom. The molecule has 1 aliphatic rings. The molecule has 1 heterocycles. The number of nitrogens with zero attached hydrogens (tertiary/aromatic N) is 2. The fourth-order valence-electron chi connectivity index (χ4n) is 2.46. The number of anilines is 1. The number of aryl methyl sites for hydroxylation is 1. The number of carbonyl (C=O) groups is 1. The zero-order valence-electron chi connectivity index (χ0n) is 12.3. The van der Waals surface area contributed by atoms with Crippen molar-refractivity contribution in [2.75, 3.05) is 31.1 Å². The van der Waals surface area contributed by atoms with Gasteiger partial charge in [0.15, 0.2) is 0 Å². The van der Waals surface area contributed by atoms with Crippen molar-refractivity contribution in [3.05, 3.63) is 28.2 Å². The van der Waals surface area contributed by atoms with Crippen molar-refractivity contribution in [2.45, 2.75) is 26.8 Å². The highest BCUT2D eigenvalue weighted by molar-refractivity contribution is 9.10. The first-order chi connectivity index (χ1) is 9.47. The van der Waals surface area contributed by atoms with Crippen LogP contribution in [0.1, 0.15) is 19.4 Å². The standard InChI is InChI=1S/C15H22BrN3O/c1-11(2)17-15(20)19-8-6-18(7-9-19)14-5-4-13(16)10-12(14)3/h4-5,10-11H,6-9H2,1-3H3,(H,17,20). The summed E-state index contributed by atoms with van der Waals surface area (Å²) in [7, 11) is 0. The molecule has 0 radical (unpaired) electrons. The Morgan fingerprint density at radius 3 is 2.45 bits per heavy atom. The maximum absolute atomic E-state index is 12.0. The topological polar surface area (TPSA) is 35.6 Å². The summed E-state index contributed by atoms with van der Waals surface area (Å²) in [6.07, 6.45) is 0. The Hall–Kier alpha value is -1.23. The second kappa shape index (κ2) is 6.48. The number of carbonyl (C=O) groups excluding carboxylic acids is 1. The zero-order valence-corrected chi connectivity index (χ0v) is 13.9. The number of hydrogen-bond acceptors (Lipinski definition) is 2. The fourth-order valence-corrected chi connectivity index (χ4v) is 2.94. The van der Waals surface area contributed by atoms with E-state index in [1.807, 2.05) is 18.7 Å². The molecule has 110 valence electrons. The minimum Gasteiger partial charge on any atom is -0.368 e. The van der Waals surface area contributed by atoms with Gasteiger partial charge in [0.05, 0.1) is 0 Å². The van der Waals surface area contributed by atoms with E-state index in [0.717, 1.165) is 30.7 Å². The molecule has 0 unspecified atom stereocenters. The van der Waals surface area contributed by atoms with Crippen LogP contribution in [0.15, 0.2) is 22.7 Å². The number of amides is 2. The third kappa shape index (κ3) is 3.66. The van der Waals surface area contributed by atoms with Gasteiger partial charge in [0.1, 0.15) is 0 Å². The normalized spacial score (nSPS) is 15.7. The van der Waals surface area contributed by atoms with Crippen LogP contribution in [0.25, 0.3) is 0 Å². The molecule has 20 heavy (non-hydrogen) atoms. The van der Waals surface area contributed by atoms with Crippen LogP contribution in [0.3, 0.4) is 0 Å². The molecule has 1 fully saturated rings. The van der Waals surface area contributed by atoms with Crippen LogP contribution >= 0.6 is 15.9 Å². The van der Waals surface area contributed by atoms with Gasteiger partial charge in [0, 0.05) is 42.4 Å². The van der Waals surface area contributed by atoms with Gasteiger partial charge >= 0.3 is 6.03 Å². The molecule has 0 aliphatic carbocycles. The molecule has 0 aromatic heterocycles. The van der Waals surface area contributed by atoms with Crippen molar-refractivity contribution in [1.82, 2.24) is 10.2 Å². The van der Waals surface area contributed by atoms with Gasteiger partial charge in [-0.2, -0.15) is 0 Å². The number of hydrogen-bond donors (Lipinski definition) is 1. The number of rotatable bonds is 2. The molecular weight excluding hydrogens is 318 g/mol. The van der Waals surface area contributed by atoms with Gasteiger partial charge in [-0.25, -0.2) is 4.79 Å². The van der Waals surface area contributed by atoms with Crippen molar-refractivity contribution >= 4 is 27.6 Å². The van der Waals surface area contributed by atoms with Crippen LogP contribution in [-0.4, -0.2) is 43.2 Å². The van der Waals surface area contributed by atoms with Gasteiger partial charge in [-0.3, -0.25) is 0 Å². The van der Waals surface area contributed by atoms with E-state index in [-0.39, 0.29) is 12.1 Å². The predicted molar refractivity (Wildman–Crippen MR) is 86.3 cm³/mol. The molecule has 1 aromatic rings. The summed E-state index contributed by atoms with van der Waals surface area (Å²) in [5, 5.41) is 2.95. The molecule has 4 nitrogen and oxygen atoms in total. The third-order valence-electron chi connectivity index (χ3n) is 3.48. The highest BCUT2D eigenvalue weighted by Crippen LogP contribution is 2.24. The van der Waals surface area contributed by atoms with E-state index in [2.05, 4.69) is 51.3 Å². The highest BCUT2D eigenvalue weighted by atomic mass is 79.9. The second-order valence-corrected chi connectivity index (χ2v) is 6.42. The van der Waals surface area contributed by atoms with Crippen molar-refractivity contribution in [3.63, 3.8) is 0 Å².